The predicted octanol–water partition coefficient (Wildman–Crippen LogP) is 6.46. The molecule has 2 amide bonds. The monoisotopic (exact) mass is 529 g/mol. The predicted molar refractivity (Wildman–Crippen MR) is 134 cm³/mol. The quantitative estimate of drug-likeness (QED) is 0.309. The average molecular weight is 530 g/mol. The molecular weight excluding hydrogens is 510 g/mol. The van der Waals surface area contributed by atoms with E-state index in [4.69, 9.17) is 16.6 Å². The van der Waals surface area contributed by atoms with Crippen LogP contribution in [-0.4, -0.2) is 47.1 Å². The molecule has 1 aromatic heterocycles. The second kappa shape index (κ2) is 9.85. The van der Waals surface area contributed by atoms with E-state index in [9.17, 15) is 22.4 Å². The molecule has 0 aliphatic carbocycles. The second-order valence-corrected chi connectivity index (χ2v) is 8.95. The van der Waals surface area contributed by atoms with Crippen molar-refractivity contribution >= 4 is 40.0 Å². The Labute approximate surface area is 214 Å². The largest absolute Gasteiger partial charge is 0.416 e. The van der Waals surface area contributed by atoms with E-state index in [2.05, 4.69) is 10.3 Å². The molecule has 1 aliphatic heterocycles. The highest BCUT2D eigenvalue weighted by atomic mass is 35.5. The maximum atomic E-state index is 13.4. The smallest absolute Gasteiger partial charge is 0.352 e. The summed E-state index contributed by atoms with van der Waals surface area (Å²) in [7, 11) is 0. The first-order valence-corrected chi connectivity index (χ1v) is 11.8. The zero-order valence-electron chi connectivity index (χ0n) is 19.3. The Morgan fingerprint density at radius 1 is 0.892 bits per heavy atom. The Morgan fingerprint density at radius 3 is 2.22 bits per heavy atom. The van der Waals surface area contributed by atoms with Crippen molar-refractivity contribution in [3.63, 3.8) is 0 Å². The number of hydrogen-bond acceptors (Lipinski definition) is 4. The number of hydrogen-bond donors (Lipinski definition) is 1. The van der Waals surface area contributed by atoms with Crippen molar-refractivity contribution in [2.24, 2.45) is 0 Å². The third-order valence-corrected chi connectivity index (χ3v) is 6.31. The number of rotatable bonds is 3. The molecule has 1 fully saturated rings. The molecular formula is C26H20ClF4N5O. The molecule has 1 aliphatic rings. The number of piperazine rings is 1. The Balaban J connectivity index is 1.33. The molecule has 0 spiro atoms. The van der Waals surface area contributed by atoms with Crippen LogP contribution >= 0.6 is 11.6 Å². The summed E-state index contributed by atoms with van der Waals surface area (Å²) < 4.78 is 51.8. The van der Waals surface area contributed by atoms with E-state index < -0.39 is 17.8 Å². The lowest BCUT2D eigenvalue weighted by Crippen LogP contribution is -2.50. The molecule has 11 heteroatoms. The first-order valence-electron chi connectivity index (χ1n) is 11.4. The van der Waals surface area contributed by atoms with Crippen molar-refractivity contribution < 1.29 is 22.4 Å². The average Bonchev–Trinajstić information content (AvgIpc) is 2.88. The van der Waals surface area contributed by atoms with E-state index in [1.54, 1.807) is 29.2 Å². The van der Waals surface area contributed by atoms with Crippen molar-refractivity contribution in [1.29, 1.82) is 0 Å². The van der Waals surface area contributed by atoms with Crippen molar-refractivity contribution in [1.82, 2.24) is 14.9 Å². The summed E-state index contributed by atoms with van der Waals surface area (Å²) in [6, 6.07) is 15.1. The molecule has 0 bridgehead atoms. The van der Waals surface area contributed by atoms with Gasteiger partial charge in [0.25, 0.3) is 0 Å². The van der Waals surface area contributed by atoms with Crippen LogP contribution in [0.15, 0.2) is 66.7 Å². The number of urea groups is 1. The first kappa shape index (κ1) is 24.8. The molecule has 190 valence electrons. The fourth-order valence-corrected chi connectivity index (χ4v) is 4.29. The number of amides is 2. The number of nitrogens with zero attached hydrogens (tertiary/aromatic N) is 4. The summed E-state index contributed by atoms with van der Waals surface area (Å²) in [5.41, 5.74) is 0.791. The van der Waals surface area contributed by atoms with E-state index in [1.165, 1.54) is 24.3 Å². The topological polar surface area (TPSA) is 61.4 Å². The summed E-state index contributed by atoms with van der Waals surface area (Å²) in [4.78, 5) is 25.7. The number of carbonyl (C=O) groups excluding carboxylic acids is 1. The van der Waals surface area contributed by atoms with Crippen molar-refractivity contribution in [2.75, 3.05) is 36.4 Å². The van der Waals surface area contributed by atoms with E-state index in [0.29, 0.717) is 53.9 Å². The SMILES string of the molecule is O=C(Nc1ccc(C(F)(F)F)cc1)N1CCN(c2nc(-c3ccc(F)cc3)nc3cc(Cl)ccc23)CC1. The lowest BCUT2D eigenvalue weighted by Gasteiger charge is -2.36. The molecule has 4 aromatic rings. The standard InChI is InChI=1S/C26H20ClF4N5O/c27-18-5-10-21-22(15-18)33-23(16-1-6-19(28)7-2-16)34-24(21)35-11-13-36(14-12-35)25(37)32-20-8-3-17(4-9-20)26(29,30)31/h1-10,15H,11-14H2,(H,32,37). The third kappa shape index (κ3) is 5.43. The van der Waals surface area contributed by atoms with E-state index >= 15 is 0 Å². The van der Waals surface area contributed by atoms with Crippen LogP contribution in [0.5, 0.6) is 0 Å². The molecule has 1 saturated heterocycles. The lowest BCUT2D eigenvalue weighted by molar-refractivity contribution is -0.137. The third-order valence-electron chi connectivity index (χ3n) is 6.07. The van der Waals surface area contributed by atoms with Crippen LogP contribution in [-0.2, 0) is 6.18 Å². The van der Waals surface area contributed by atoms with Gasteiger partial charge in [-0.05, 0) is 66.7 Å². The van der Waals surface area contributed by atoms with Crippen molar-refractivity contribution in [3.8, 4) is 11.4 Å². The number of alkyl halides is 3. The highest BCUT2D eigenvalue weighted by molar-refractivity contribution is 6.31. The number of halogens is 5. The van der Waals surface area contributed by atoms with Gasteiger partial charge in [-0.3, -0.25) is 0 Å². The van der Waals surface area contributed by atoms with Gasteiger partial charge in [0.05, 0.1) is 11.1 Å². The van der Waals surface area contributed by atoms with Gasteiger partial charge in [0, 0.05) is 47.8 Å². The fraction of sp³-hybridized carbons (Fsp3) is 0.192. The fourth-order valence-electron chi connectivity index (χ4n) is 4.12. The van der Waals surface area contributed by atoms with Crippen LogP contribution in [0.4, 0.5) is 33.9 Å². The molecule has 0 saturated carbocycles. The molecule has 0 atom stereocenters. The molecule has 5 rings (SSSR count). The van der Waals surface area contributed by atoms with E-state index in [0.717, 1.165) is 17.5 Å². The van der Waals surface area contributed by atoms with Crippen molar-refractivity contribution in [2.45, 2.75) is 6.18 Å². The van der Waals surface area contributed by atoms with Crippen LogP contribution in [0.25, 0.3) is 22.3 Å². The number of nitrogens with one attached hydrogen (secondary N) is 1. The van der Waals surface area contributed by atoms with Gasteiger partial charge in [0.15, 0.2) is 5.82 Å². The van der Waals surface area contributed by atoms with Crippen molar-refractivity contribution in [3.05, 3.63) is 83.1 Å². The first-order chi connectivity index (χ1) is 17.7. The summed E-state index contributed by atoms with van der Waals surface area (Å²) in [5, 5.41) is 3.96. The molecule has 6 nitrogen and oxygen atoms in total. The lowest BCUT2D eigenvalue weighted by atomic mass is 10.1. The Hall–Kier alpha value is -3.92. The van der Waals surface area contributed by atoms with Gasteiger partial charge < -0.3 is 15.1 Å². The second-order valence-electron chi connectivity index (χ2n) is 8.52. The number of carbonyl (C=O) groups is 1. The number of anilines is 2. The minimum atomic E-state index is -4.44. The molecule has 1 N–H and O–H groups in total. The van der Waals surface area contributed by atoms with Crippen LogP contribution in [0.2, 0.25) is 5.02 Å². The summed E-state index contributed by atoms with van der Waals surface area (Å²) in [6.07, 6.45) is -4.44. The highest BCUT2D eigenvalue weighted by Crippen LogP contribution is 2.31. The molecule has 2 heterocycles. The normalized spacial score (nSPS) is 14.2. The van der Waals surface area contributed by atoms with Gasteiger partial charge in [0.2, 0.25) is 0 Å². The zero-order valence-corrected chi connectivity index (χ0v) is 20.0. The van der Waals surface area contributed by atoms with Gasteiger partial charge >= 0.3 is 12.2 Å². The van der Waals surface area contributed by atoms with Gasteiger partial charge in [-0.1, -0.05) is 11.6 Å². The maximum Gasteiger partial charge on any atom is 0.416 e. The van der Waals surface area contributed by atoms with Gasteiger partial charge in [0.1, 0.15) is 11.6 Å². The van der Waals surface area contributed by atoms with Gasteiger partial charge in [-0.25, -0.2) is 19.2 Å². The minimum absolute atomic E-state index is 0.281. The summed E-state index contributed by atoms with van der Waals surface area (Å²) in [6.45, 7) is 1.69. The summed E-state index contributed by atoms with van der Waals surface area (Å²) in [5.74, 6) is 0.731. The zero-order chi connectivity index (χ0) is 26.2. The van der Waals surface area contributed by atoms with Crippen LogP contribution in [0.3, 0.4) is 0 Å². The Bertz CT molecular complexity index is 1440. The highest BCUT2D eigenvalue weighted by Gasteiger charge is 2.30. The van der Waals surface area contributed by atoms with Gasteiger partial charge in [-0.15, -0.1) is 0 Å². The Kier molecular flexibility index (Phi) is 6.59. The molecule has 0 unspecified atom stereocenters. The molecule has 3 aromatic carbocycles. The molecule has 0 radical (unpaired) electrons. The number of fused-ring (bicyclic) bond motifs is 1. The van der Waals surface area contributed by atoms with E-state index in [1.807, 2.05) is 11.0 Å². The number of benzene rings is 3. The maximum absolute atomic E-state index is 13.4. The van der Waals surface area contributed by atoms with Crippen LogP contribution in [0.1, 0.15) is 5.56 Å². The van der Waals surface area contributed by atoms with E-state index in [-0.39, 0.29) is 11.5 Å². The minimum Gasteiger partial charge on any atom is -0.352 e. The molecule has 37 heavy (non-hydrogen) atoms. The van der Waals surface area contributed by atoms with Crippen LogP contribution < -0.4 is 10.2 Å². The van der Waals surface area contributed by atoms with Crippen LogP contribution in [0, 0.1) is 5.82 Å². The number of aromatic nitrogens is 2. The summed E-state index contributed by atoms with van der Waals surface area (Å²) >= 11 is 6.20. The van der Waals surface area contributed by atoms with Gasteiger partial charge in [-0.2, -0.15) is 13.2 Å². The Morgan fingerprint density at radius 2 is 1.57 bits per heavy atom.